The van der Waals surface area contributed by atoms with Gasteiger partial charge in [0, 0.05) is 45.5 Å². The molecule has 1 saturated heterocycles. The van der Waals surface area contributed by atoms with Gasteiger partial charge >= 0.3 is 0 Å². The molecule has 0 unspecified atom stereocenters. The van der Waals surface area contributed by atoms with Gasteiger partial charge in [-0.1, -0.05) is 12.1 Å². The number of piperazine rings is 1. The molecule has 0 bridgehead atoms. The lowest BCUT2D eigenvalue weighted by Gasteiger charge is -2.31. The largest absolute Gasteiger partial charge is 0.370 e. The van der Waals surface area contributed by atoms with Crippen molar-refractivity contribution in [3.63, 3.8) is 0 Å². The monoisotopic (exact) mass is 428 g/mol. The Balaban J connectivity index is 1.32. The Morgan fingerprint density at radius 1 is 1.07 bits per heavy atom. The average Bonchev–Trinajstić information content (AvgIpc) is 3.07. The first kappa shape index (κ1) is 20.8. The van der Waals surface area contributed by atoms with Crippen molar-refractivity contribution in [2.75, 3.05) is 45.1 Å². The molecule has 1 aliphatic heterocycles. The second-order valence-electron chi connectivity index (χ2n) is 7.67. The summed E-state index contributed by atoms with van der Waals surface area (Å²) in [6.45, 7) is 6.14. The predicted molar refractivity (Wildman–Crippen MR) is 118 cm³/mol. The van der Waals surface area contributed by atoms with Crippen LogP contribution in [0.2, 0.25) is 0 Å². The summed E-state index contributed by atoms with van der Waals surface area (Å²) >= 11 is 0. The number of nitrogens with one attached hydrogen (secondary N) is 1. The number of likely N-dealkylation sites (N-methyl/N-ethyl adjacent to an activating group) is 1. The first-order valence-corrected chi connectivity index (χ1v) is 11.7. The molecule has 160 valence electrons. The number of imidazole rings is 1. The smallest absolute Gasteiger partial charge is 0.244 e. The van der Waals surface area contributed by atoms with E-state index in [2.05, 4.69) is 30.8 Å². The van der Waals surface area contributed by atoms with Gasteiger partial charge in [0.05, 0.1) is 11.0 Å². The highest BCUT2D eigenvalue weighted by molar-refractivity contribution is 7.89. The fraction of sp³-hybridized carbons (Fsp3) is 0.429. The second-order valence-corrected chi connectivity index (χ2v) is 9.60. The maximum absolute atomic E-state index is 12.8. The average molecular weight is 429 g/mol. The zero-order chi connectivity index (χ0) is 21.1. The summed E-state index contributed by atoms with van der Waals surface area (Å²) in [4.78, 5) is 11.3. The van der Waals surface area contributed by atoms with Crippen LogP contribution in [0.15, 0.2) is 47.5 Å². The van der Waals surface area contributed by atoms with Crippen LogP contribution in [0.1, 0.15) is 12.2 Å². The number of aromatic nitrogens is 3. The highest BCUT2D eigenvalue weighted by atomic mass is 32.2. The number of fused-ring (bicyclic) bond motifs is 1. The number of nitrogens with zero attached hydrogens (tertiary/aromatic N) is 5. The third-order valence-corrected chi connectivity index (χ3v) is 7.43. The summed E-state index contributed by atoms with van der Waals surface area (Å²) in [5.41, 5.74) is 2.16. The molecule has 3 aromatic rings. The first-order chi connectivity index (χ1) is 14.4. The molecular formula is C21H28N6O2S. The number of aryl methyl sites for hydroxylation is 2. The molecule has 4 rings (SSSR count). The summed E-state index contributed by atoms with van der Waals surface area (Å²) in [6.07, 6.45) is 2.35. The summed E-state index contributed by atoms with van der Waals surface area (Å²) in [6, 6.07) is 11.5. The van der Waals surface area contributed by atoms with Gasteiger partial charge in [0.15, 0.2) is 0 Å². The van der Waals surface area contributed by atoms with E-state index in [0.717, 1.165) is 49.5 Å². The van der Waals surface area contributed by atoms with Crippen molar-refractivity contribution in [1.29, 1.82) is 0 Å². The molecule has 9 heteroatoms. The number of para-hydroxylation sites is 2. The van der Waals surface area contributed by atoms with E-state index in [-0.39, 0.29) is 4.90 Å². The van der Waals surface area contributed by atoms with Crippen LogP contribution in [0, 0.1) is 6.92 Å². The minimum Gasteiger partial charge on any atom is -0.370 e. The molecule has 1 fully saturated rings. The highest BCUT2D eigenvalue weighted by Gasteiger charge is 2.27. The van der Waals surface area contributed by atoms with Crippen molar-refractivity contribution >= 4 is 26.9 Å². The van der Waals surface area contributed by atoms with E-state index in [1.54, 1.807) is 12.1 Å². The Morgan fingerprint density at radius 3 is 2.57 bits per heavy atom. The maximum Gasteiger partial charge on any atom is 0.244 e. The summed E-state index contributed by atoms with van der Waals surface area (Å²) in [7, 11) is -1.47. The Kier molecular flexibility index (Phi) is 6.03. The van der Waals surface area contributed by atoms with Crippen LogP contribution in [0.3, 0.4) is 0 Å². The van der Waals surface area contributed by atoms with Crippen LogP contribution in [-0.4, -0.2) is 71.9 Å². The number of benzene rings is 1. The Bertz CT molecular complexity index is 1100. The standard InChI is InChI=1S/C21H28N6O2S/c1-17-24-19-6-3-4-7-20(19)27(17)11-5-10-22-21-9-8-18(16-23-21)30(28,29)26-14-12-25(2)13-15-26/h3-4,6-9,16H,5,10-15H2,1-2H3,(H,22,23). The molecule has 0 radical (unpaired) electrons. The molecule has 0 atom stereocenters. The molecule has 0 aliphatic carbocycles. The first-order valence-electron chi connectivity index (χ1n) is 10.3. The minimum absolute atomic E-state index is 0.248. The van der Waals surface area contributed by atoms with Gasteiger partial charge in [-0.3, -0.25) is 0 Å². The van der Waals surface area contributed by atoms with Crippen LogP contribution in [-0.2, 0) is 16.6 Å². The number of anilines is 1. The van der Waals surface area contributed by atoms with Gasteiger partial charge in [-0.15, -0.1) is 0 Å². The normalized spacial score (nSPS) is 16.2. The van der Waals surface area contributed by atoms with Crippen LogP contribution in [0.5, 0.6) is 0 Å². The fourth-order valence-corrected chi connectivity index (χ4v) is 5.11. The molecule has 2 aromatic heterocycles. The molecule has 1 N–H and O–H groups in total. The number of hydrogen-bond donors (Lipinski definition) is 1. The second kappa shape index (κ2) is 8.71. The van der Waals surface area contributed by atoms with Gasteiger partial charge < -0.3 is 14.8 Å². The van der Waals surface area contributed by atoms with Gasteiger partial charge in [-0.25, -0.2) is 18.4 Å². The number of pyridine rings is 1. The van der Waals surface area contributed by atoms with E-state index in [1.807, 2.05) is 32.2 Å². The predicted octanol–water partition coefficient (Wildman–Crippen LogP) is 2.18. The Labute approximate surface area is 177 Å². The zero-order valence-electron chi connectivity index (χ0n) is 17.5. The van der Waals surface area contributed by atoms with Gasteiger partial charge in [0.2, 0.25) is 10.0 Å². The SMILES string of the molecule is Cc1nc2ccccc2n1CCCNc1ccc(S(=O)(=O)N2CCN(C)CC2)cn1. The lowest BCUT2D eigenvalue weighted by atomic mass is 10.3. The van der Waals surface area contributed by atoms with Crippen LogP contribution in [0.25, 0.3) is 11.0 Å². The van der Waals surface area contributed by atoms with Crippen molar-refractivity contribution < 1.29 is 8.42 Å². The van der Waals surface area contributed by atoms with Gasteiger partial charge in [0.1, 0.15) is 16.5 Å². The summed E-state index contributed by atoms with van der Waals surface area (Å²) < 4.78 is 29.3. The lowest BCUT2D eigenvalue weighted by Crippen LogP contribution is -2.47. The van der Waals surface area contributed by atoms with Crippen molar-refractivity contribution in [1.82, 2.24) is 23.7 Å². The van der Waals surface area contributed by atoms with Crippen molar-refractivity contribution in [2.45, 2.75) is 24.8 Å². The van der Waals surface area contributed by atoms with Crippen molar-refractivity contribution in [2.24, 2.45) is 0 Å². The molecule has 1 aromatic carbocycles. The third-order valence-electron chi connectivity index (χ3n) is 5.55. The van der Waals surface area contributed by atoms with E-state index < -0.39 is 10.0 Å². The molecule has 0 amide bonds. The van der Waals surface area contributed by atoms with Crippen LogP contribution < -0.4 is 5.32 Å². The third kappa shape index (κ3) is 4.33. The van der Waals surface area contributed by atoms with Crippen LogP contribution >= 0.6 is 0 Å². The van der Waals surface area contributed by atoms with Crippen molar-refractivity contribution in [3.05, 3.63) is 48.4 Å². The quantitative estimate of drug-likeness (QED) is 0.581. The van der Waals surface area contributed by atoms with E-state index in [0.29, 0.717) is 18.9 Å². The van der Waals surface area contributed by atoms with E-state index in [4.69, 9.17) is 0 Å². The Morgan fingerprint density at radius 2 is 1.83 bits per heavy atom. The molecule has 1 aliphatic rings. The molecule has 3 heterocycles. The number of sulfonamides is 1. The highest BCUT2D eigenvalue weighted by Crippen LogP contribution is 2.18. The van der Waals surface area contributed by atoms with Gasteiger partial charge in [0.25, 0.3) is 0 Å². The van der Waals surface area contributed by atoms with Crippen LogP contribution in [0.4, 0.5) is 5.82 Å². The fourth-order valence-electron chi connectivity index (χ4n) is 3.75. The zero-order valence-corrected chi connectivity index (χ0v) is 18.3. The van der Waals surface area contributed by atoms with E-state index in [1.165, 1.54) is 10.5 Å². The van der Waals surface area contributed by atoms with E-state index >= 15 is 0 Å². The molecular weight excluding hydrogens is 400 g/mol. The Hall–Kier alpha value is -2.49. The van der Waals surface area contributed by atoms with Crippen molar-refractivity contribution in [3.8, 4) is 0 Å². The maximum atomic E-state index is 12.8. The van der Waals surface area contributed by atoms with Gasteiger partial charge in [-0.05, 0) is 44.7 Å². The molecule has 8 nitrogen and oxygen atoms in total. The lowest BCUT2D eigenvalue weighted by molar-refractivity contribution is 0.222. The molecule has 0 saturated carbocycles. The number of hydrogen-bond acceptors (Lipinski definition) is 6. The number of rotatable bonds is 7. The van der Waals surface area contributed by atoms with Gasteiger partial charge in [-0.2, -0.15) is 4.31 Å². The minimum atomic E-state index is -3.48. The summed E-state index contributed by atoms with van der Waals surface area (Å²) in [5, 5.41) is 3.28. The molecule has 0 spiro atoms. The topological polar surface area (TPSA) is 83.4 Å². The molecule has 30 heavy (non-hydrogen) atoms. The van der Waals surface area contributed by atoms with E-state index in [9.17, 15) is 8.42 Å². The summed E-state index contributed by atoms with van der Waals surface area (Å²) in [5.74, 6) is 1.69.